The van der Waals surface area contributed by atoms with E-state index in [-0.39, 0.29) is 29.7 Å². The molecule has 30 heavy (non-hydrogen) atoms. The largest absolute Gasteiger partial charge is 0.494 e. The quantitative estimate of drug-likeness (QED) is 0.617. The number of benzene rings is 1. The lowest BCUT2D eigenvalue weighted by atomic mass is 9.93. The van der Waals surface area contributed by atoms with Crippen molar-refractivity contribution in [2.45, 2.75) is 38.5 Å². The van der Waals surface area contributed by atoms with Crippen LogP contribution < -0.4 is 4.74 Å². The summed E-state index contributed by atoms with van der Waals surface area (Å²) in [5.74, 6) is 0.834. The van der Waals surface area contributed by atoms with Gasteiger partial charge in [-0.2, -0.15) is 14.6 Å². The fourth-order valence-electron chi connectivity index (χ4n) is 3.82. The molecule has 1 aliphatic rings. The Labute approximate surface area is 172 Å². The average Bonchev–Trinajstić information content (AvgIpc) is 3.23. The summed E-state index contributed by atoms with van der Waals surface area (Å²) < 4.78 is 33.4. The number of alkyl halides is 2. The number of likely N-dealkylation sites (tertiary alicyclic amines) is 1. The second-order valence-electron chi connectivity index (χ2n) is 7.31. The van der Waals surface area contributed by atoms with Crippen molar-refractivity contribution in [2.24, 2.45) is 0 Å². The lowest BCUT2D eigenvalue weighted by molar-refractivity contribution is -0.131. The maximum Gasteiger partial charge on any atom is 0.280 e. The van der Waals surface area contributed by atoms with Crippen molar-refractivity contribution < 1.29 is 18.3 Å². The summed E-state index contributed by atoms with van der Waals surface area (Å²) in [6.07, 6.45) is 0.400. The third-order valence-electron chi connectivity index (χ3n) is 5.30. The van der Waals surface area contributed by atoms with E-state index in [0.717, 1.165) is 28.7 Å². The number of aromatic nitrogens is 4. The van der Waals surface area contributed by atoms with Crippen LogP contribution in [0.25, 0.3) is 5.78 Å². The molecule has 0 bridgehead atoms. The van der Waals surface area contributed by atoms with Crippen molar-refractivity contribution >= 4 is 11.7 Å². The zero-order valence-corrected chi connectivity index (χ0v) is 16.7. The van der Waals surface area contributed by atoms with E-state index in [0.29, 0.717) is 25.4 Å². The van der Waals surface area contributed by atoms with Gasteiger partial charge in [-0.15, -0.1) is 0 Å². The summed E-state index contributed by atoms with van der Waals surface area (Å²) in [6.45, 7) is 3.62. The molecule has 7 nitrogen and oxygen atoms in total. The maximum absolute atomic E-state index is 13.5. The van der Waals surface area contributed by atoms with Gasteiger partial charge in [-0.05, 0) is 43.5 Å². The summed E-state index contributed by atoms with van der Waals surface area (Å²) in [5.41, 5.74) is 1.21. The van der Waals surface area contributed by atoms with E-state index in [1.54, 1.807) is 4.90 Å². The molecule has 0 aliphatic carbocycles. The summed E-state index contributed by atoms with van der Waals surface area (Å²) in [6, 6.07) is 8.88. The molecule has 9 heteroatoms. The molecule has 1 amide bonds. The van der Waals surface area contributed by atoms with Gasteiger partial charge < -0.3 is 9.64 Å². The molecule has 3 aromatic rings. The van der Waals surface area contributed by atoms with Crippen LogP contribution in [0.2, 0.25) is 0 Å². The molecular formula is C21H23F2N5O2. The zero-order chi connectivity index (χ0) is 21.1. The minimum Gasteiger partial charge on any atom is -0.494 e. The minimum atomic E-state index is -2.68. The highest BCUT2D eigenvalue weighted by atomic mass is 19.3. The first-order valence-electron chi connectivity index (χ1n) is 10.0. The first-order valence-corrected chi connectivity index (χ1v) is 10.0. The number of piperidine rings is 1. The Bertz CT molecular complexity index is 1020. The Hall–Kier alpha value is -3.10. The smallest absolute Gasteiger partial charge is 0.280 e. The molecule has 2 aromatic heterocycles. The van der Waals surface area contributed by atoms with Gasteiger partial charge in [-0.1, -0.05) is 12.1 Å². The number of hydrogen-bond acceptors (Lipinski definition) is 5. The molecule has 0 unspecified atom stereocenters. The number of nitrogens with zero attached hydrogens (tertiary/aromatic N) is 5. The number of ether oxygens (including phenoxy) is 1. The van der Waals surface area contributed by atoms with Crippen LogP contribution in [0.5, 0.6) is 5.75 Å². The van der Waals surface area contributed by atoms with Gasteiger partial charge in [0.15, 0.2) is 0 Å². The number of rotatable bonds is 6. The Balaban J connectivity index is 1.47. The summed E-state index contributed by atoms with van der Waals surface area (Å²) in [5, 5.41) is 3.82. The van der Waals surface area contributed by atoms with Crippen LogP contribution in [-0.4, -0.2) is 50.1 Å². The third-order valence-corrected chi connectivity index (χ3v) is 5.30. The third kappa shape index (κ3) is 4.24. The molecule has 1 atom stereocenters. The Morgan fingerprint density at radius 1 is 1.30 bits per heavy atom. The lowest BCUT2D eigenvalue weighted by Crippen LogP contribution is -2.40. The van der Waals surface area contributed by atoms with Gasteiger partial charge in [-0.25, -0.2) is 13.8 Å². The molecule has 158 valence electrons. The van der Waals surface area contributed by atoms with Crippen LogP contribution >= 0.6 is 0 Å². The first kappa shape index (κ1) is 20.2. The average molecular weight is 415 g/mol. The van der Waals surface area contributed by atoms with Gasteiger partial charge in [0.2, 0.25) is 5.91 Å². The molecule has 1 aromatic carbocycles. The maximum atomic E-state index is 13.5. The lowest BCUT2D eigenvalue weighted by Gasteiger charge is -2.32. The minimum absolute atomic E-state index is 0.0153. The summed E-state index contributed by atoms with van der Waals surface area (Å²) in [7, 11) is 0. The number of halogens is 2. The fraction of sp³-hybridized carbons (Fsp3) is 0.429. The molecule has 1 fully saturated rings. The molecule has 3 heterocycles. The molecule has 1 aliphatic heterocycles. The van der Waals surface area contributed by atoms with Crippen LogP contribution in [0, 0.1) is 0 Å². The van der Waals surface area contributed by atoms with Crippen LogP contribution in [0.1, 0.15) is 49.1 Å². The number of carbonyl (C=O) groups excluding carboxylic acids is 1. The van der Waals surface area contributed by atoms with Crippen LogP contribution in [0.3, 0.4) is 0 Å². The molecule has 0 spiro atoms. The van der Waals surface area contributed by atoms with Crippen molar-refractivity contribution in [1.29, 1.82) is 0 Å². The van der Waals surface area contributed by atoms with E-state index in [2.05, 4.69) is 15.1 Å². The van der Waals surface area contributed by atoms with Crippen LogP contribution in [0.15, 0.2) is 36.7 Å². The van der Waals surface area contributed by atoms with Gasteiger partial charge >= 0.3 is 0 Å². The number of hydrogen-bond donors (Lipinski definition) is 0. The Morgan fingerprint density at radius 2 is 2.10 bits per heavy atom. The second-order valence-corrected chi connectivity index (χ2v) is 7.31. The fourth-order valence-corrected chi connectivity index (χ4v) is 3.82. The monoisotopic (exact) mass is 415 g/mol. The van der Waals surface area contributed by atoms with Gasteiger partial charge in [-0.3, -0.25) is 4.79 Å². The van der Waals surface area contributed by atoms with E-state index in [1.165, 1.54) is 12.4 Å². The van der Waals surface area contributed by atoms with Gasteiger partial charge in [0, 0.05) is 19.0 Å². The highest BCUT2D eigenvalue weighted by molar-refractivity contribution is 5.79. The predicted octanol–water partition coefficient (Wildman–Crippen LogP) is 3.41. The second kappa shape index (κ2) is 8.73. The zero-order valence-electron chi connectivity index (χ0n) is 16.7. The number of fused-ring (bicyclic) bond motifs is 1. The van der Waals surface area contributed by atoms with Crippen LogP contribution in [0.4, 0.5) is 8.78 Å². The topological polar surface area (TPSA) is 72.6 Å². The highest BCUT2D eigenvalue weighted by Gasteiger charge is 2.27. The van der Waals surface area contributed by atoms with Crippen molar-refractivity contribution in [2.75, 3.05) is 19.7 Å². The molecule has 4 rings (SSSR count). The van der Waals surface area contributed by atoms with Crippen molar-refractivity contribution in [3.63, 3.8) is 0 Å². The molecule has 0 saturated carbocycles. The first-order chi connectivity index (χ1) is 14.5. The van der Waals surface area contributed by atoms with Gasteiger partial charge in [0.1, 0.15) is 17.8 Å². The number of amides is 1. The summed E-state index contributed by atoms with van der Waals surface area (Å²) >= 11 is 0. The van der Waals surface area contributed by atoms with Crippen molar-refractivity contribution in [3.8, 4) is 5.75 Å². The van der Waals surface area contributed by atoms with Crippen molar-refractivity contribution in [1.82, 2.24) is 24.5 Å². The predicted molar refractivity (Wildman–Crippen MR) is 106 cm³/mol. The Morgan fingerprint density at radius 3 is 2.83 bits per heavy atom. The Kier molecular flexibility index (Phi) is 5.87. The standard InChI is InChI=1S/C21H23F2N5O2/c1-2-30-16-7-5-14(6-8-16)10-19(29)27-9-3-4-15(12-27)17-11-18(20(22)23)28-21(26-17)24-13-25-28/h5-8,11,13,15,20H,2-4,9-10,12H2,1H3/t15-/m1/s1. The molecule has 0 N–H and O–H groups in total. The van der Waals surface area contributed by atoms with Crippen LogP contribution in [-0.2, 0) is 11.2 Å². The van der Waals surface area contributed by atoms with E-state index < -0.39 is 6.43 Å². The SMILES string of the molecule is CCOc1ccc(CC(=O)N2CCC[C@@H](c3cc(C(F)F)n4ncnc4n3)C2)cc1. The van der Waals surface area contributed by atoms with E-state index >= 15 is 0 Å². The number of carbonyl (C=O) groups is 1. The molecule has 1 saturated heterocycles. The summed E-state index contributed by atoms with van der Waals surface area (Å²) in [4.78, 5) is 23.0. The molecule has 0 radical (unpaired) electrons. The van der Waals surface area contributed by atoms with Gasteiger partial charge in [0.05, 0.1) is 18.7 Å². The van der Waals surface area contributed by atoms with Gasteiger partial charge in [0.25, 0.3) is 12.2 Å². The normalized spacial score (nSPS) is 16.9. The molecular weight excluding hydrogens is 392 g/mol. The van der Waals surface area contributed by atoms with E-state index in [4.69, 9.17) is 4.74 Å². The van der Waals surface area contributed by atoms with E-state index in [1.807, 2.05) is 31.2 Å². The van der Waals surface area contributed by atoms with E-state index in [9.17, 15) is 13.6 Å². The highest BCUT2D eigenvalue weighted by Crippen LogP contribution is 2.29. The van der Waals surface area contributed by atoms with Crippen molar-refractivity contribution in [3.05, 3.63) is 53.6 Å².